The molecule has 0 radical (unpaired) electrons. The normalized spacial score (nSPS) is 26.1. The van der Waals surface area contributed by atoms with Crippen molar-refractivity contribution >= 4 is 16.7 Å². The first kappa shape index (κ1) is 11.8. The zero-order chi connectivity index (χ0) is 11.6. The average Bonchev–Trinajstić information content (AvgIpc) is 2.65. The fraction of sp³-hybridized carbons (Fsp3) is 0.833. The Bertz CT molecular complexity index is 346. The molecule has 1 atom stereocenters. The first-order valence-corrected chi connectivity index (χ1v) is 6.95. The first-order chi connectivity index (χ1) is 7.63. The van der Waals surface area contributed by atoms with Gasteiger partial charge in [-0.25, -0.2) is 4.98 Å². The van der Waals surface area contributed by atoms with E-state index in [0.717, 1.165) is 24.0 Å². The van der Waals surface area contributed by atoms with Gasteiger partial charge < -0.3 is 4.90 Å². The molecular weight excluding hydrogens is 218 g/mol. The number of piperidine rings is 1. The van der Waals surface area contributed by atoms with Crippen LogP contribution in [0.4, 0.5) is 5.13 Å². The lowest BCUT2D eigenvalue weighted by Gasteiger charge is -2.40. The van der Waals surface area contributed by atoms with Gasteiger partial charge in [0, 0.05) is 24.6 Å². The minimum Gasteiger partial charge on any atom is -0.346 e. The van der Waals surface area contributed by atoms with Gasteiger partial charge in [0.2, 0.25) is 5.13 Å². The molecule has 3 nitrogen and oxygen atoms in total. The summed E-state index contributed by atoms with van der Waals surface area (Å²) in [6, 6.07) is 0. The third-order valence-electron chi connectivity index (χ3n) is 3.42. The summed E-state index contributed by atoms with van der Waals surface area (Å²) in [4.78, 5) is 6.91. The molecule has 1 unspecified atom stereocenters. The molecule has 2 rings (SSSR count). The molecule has 1 aliphatic rings. The number of nitrogens with zero attached hydrogens (tertiary/aromatic N) is 3. The van der Waals surface area contributed by atoms with E-state index in [2.05, 4.69) is 28.1 Å². The molecule has 0 spiro atoms. The van der Waals surface area contributed by atoms with Crippen LogP contribution in [-0.2, 0) is 0 Å². The van der Waals surface area contributed by atoms with Crippen molar-refractivity contribution in [1.29, 1.82) is 0 Å². The van der Waals surface area contributed by atoms with E-state index in [1.54, 1.807) is 0 Å². The molecule has 1 aliphatic heterocycles. The lowest BCUT2D eigenvalue weighted by Crippen LogP contribution is -2.41. The molecule has 0 bridgehead atoms. The van der Waals surface area contributed by atoms with E-state index in [-0.39, 0.29) is 0 Å². The van der Waals surface area contributed by atoms with Gasteiger partial charge in [-0.05, 0) is 31.6 Å². The van der Waals surface area contributed by atoms with Gasteiger partial charge in [-0.2, -0.15) is 4.37 Å². The molecule has 1 saturated heterocycles. The van der Waals surface area contributed by atoms with Gasteiger partial charge in [-0.3, -0.25) is 0 Å². The van der Waals surface area contributed by atoms with Gasteiger partial charge in [0.15, 0.2) is 0 Å². The van der Waals surface area contributed by atoms with Gasteiger partial charge in [-0.15, -0.1) is 0 Å². The Labute approximate surface area is 102 Å². The fourth-order valence-corrected chi connectivity index (χ4v) is 3.40. The Morgan fingerprint density at radius 1 is 1.50 bits per heavy atom. The summed E-state index contributed by atoms with van der Waals surface area (Å²) in [6.45, 7) is 8.95. The van der Waals surface area contributed by atoms with E-state index in [1.165, 1.54) is 37.2 Å². The highest BCUT2D eigenvalue weighted by Crippen LogP contribution is 2.36. The number of aromatic nitrogens is 2. The second-order valence-corrected chi connectivity index (χ2v) is 5.94. The lowest BCUT2D eigenvalue weighted by molar-refractivity contribution is 0.239. The van der Waals surface area contributed by atoms with Crippen LogP contribution in [-0.4, -0.2) is 22.4 Å². The monoisotopic (exact) mass is 239 g/mol. The summed E-state index contributed by atoms with van der Waals surface area (Å²) in [7, 11) is 0. The van der Waals surface area contributed by atoms with Gasteiger partial charge >= 0.3 is 0 Å². The maximum Gasteiger partial charge on any atom is 0.205 e. The highest BCUT2D eigenvalue weighted by molar-refractivity contribution is 7.09. The molecule has 0 aromatic carbocycles. The molecule has 0 amide bonds. The zero-order valence-electron chi connectivity index (χ0n) is 10.5. The van der Waals surface area contributed by atoms with Crippen molar-refractivity contribution in [3.8, 4) is 0 Å². The Morgan fingerprint density at radius 3 is 2.94 bits per heavy atom. The second-order valence-electron chi connectivity index (χ2n) is 5.21. The summed E-state index contributed by atoms with van der Waals surface area (Å²) < 4.78 is 4.27. The maximum absolute atomic E-state index is 4.49. The molecule has 16 heavy (non-hydrogen) atoms. The van der Waals surface area contributed by atoms with Crippen LogP contribution in [0.2, 0.25) is 0 Å². The Morgan fingerprint density at radius 2 is 2.31 bits per heavy atom. The standard InChI is InChI=1S/C12H21N3S/c1-4-6-12(3)7-5-8-15(9-12)11-13-10(2)14-16-11/h4-9H2,1-3H3. The van der Waals surface area contributed by atoms with Gasteiger partial charge in [0.05, 0.1) is 0 Å². The maximum atomic E-state index is 4.49. The van der Waals surface area contributed by atoms with Crippen molar-refractivity contribution in [1.82, 2.24) is 9.36 Å². The zero-order valence-corrected chi connectivity index (χ0v) is 11.3. The third kappa shape index (κ3) is 2.54. The van der Waals surface area contributed by atoms with Crippen molar-refractivity contribution in [3.63, 3.8) is 0 Å². The van der Waals surface area contributed by atoms with Crippen LogP contribution >= 0.6 is 11.5 Å². The van der Waals surface area contributed by atoms with Crippen LogP contribution in [0, 0.1) is 12.3 Å². The van der Waals surface area contributed by atoms with E-state index < -0.39 is 0 Å². The lowest BCUT2D eigenvalue weighted by atomic mass is 9.78. The Kier molecular flexibility index (Phi) is 3.47. The van der Waals surface area contributed by atoms with Crippen molar-refractivity contribution in [2.45, 2.75) is 46.5 Å². The summed E-state index contributed by atoms with van der Waals surface area (Å²) in [6.07, 6.45) is 5.24. The molecule has 0 saturated carbocycles. The van der Waals surface area contributed by atoms with Gasteiger partial charge in [-0.1, -0.05) is 20.3 Å². The summed E-state index contributed by atoms with van der Waals surface area (Å²) in [5.74, 6) is 0.905. The predicted octanol–water partition coefficient (Wildman–Crippen LogP) is 3.25. The van der Waals surface area contributed by atoms with Crippen LogP contribution < -0.4 is 4.90 Å². The second kappa shape index (κ2) is 4.70. The molecule has 0 N–H and O–H groups in total. The van der Waals surface area contributed by atoms with Crippen LogP contribution in [0.3, 0.4) is 0 Å². The molecule has 0 aliphatic carbocycles. The van der Waals surface area contributed by atoms with Gasteiger partial charge in [0.1, 0.15) is 5.82 Å². The van der Waals surface area contributed by atoms with E-state index in [4.69, 9.17) is 0 Å². The van der Waals surface area contributed by atoms with E-state index in [9.17, 15) is 0 Å². The Balaban J connectivity index is 2.07. The molecule has 1 aromatic rings. The summed E-state index contributed by atoms with van der Waals surface area (Å²) >= 11 is 1.54. The van der Waals surface area contributed by atoms with Crippen LogP contribution in [0.25, 0.3) is 0 Å². The minimum absolute atomic E-state index is 0.479. The van der Waals surface area contributed by atoms with Crippen LogP contribution in [0.1, 0.15) is 45.4 Å². The Hall–Kier alpha value is -0.640. The molecule has 4 heteroatoms. The predicted molar refractivity (Wildman–Crippen MR) is 69.1 cm³/mol. The van der Waals surface area contributed by atoms with E-state index in [0.29, 0.717) is 5.41 Å². The minimum atomic E-state index is 0.479. The molecule has 1 fully saturated rings. The quantitative estimate of drug-likeness (QED) is 0.810. The first-order valence-electron chi connectivity index (χ1n) is 6.18. The van der Waals surface area contributed by atoms with E-state index in [1.807, 2.05) is 6.92 Å². The largest absolute Gasteiger partial charge is 0.346 e. The fourth-order valence-electron chi connectivity index (χ4n) is 2.70. The number of hydrogen-bond donors (Lipinski definition) is 0. The highest BCUT2D eigenvalue weighted by Gasteiger charge is 2.31. The van der Waals surface area contributed by atoms with Gasteiger partial charge in [0.25, 0.3) is 0 Å². The van der Waals surface area contributed by atoms with Crippen molar-refractivity contribution < 1.29 is 0 Å². The number of anilines is 1. The number of rotatable bonds is 3. The number of aryl methyl sites for hydroxylation is 1. The average molecular weight is 239 g/mol. The smallest absolute Gasteiger partial charge is 0.205 e. The van der Waals surface area contributed by atoms with Crippen molar-refractivity contribution in [2.75, 3.05) is 18.0 Å². The summed E-state index contributed by atoms with van der Waals surface area (Å²) in [5.41, 5.74) is 0.479. The number of hydrogen-bond acceptors (Lipinski definition) is 4. The van der Waals surface area contributed by atoms with Crippen LogP contribution in [0.15, 0.2) is 0 Å². The molecule has 90 valence electrons. The summed E-state index contributed by atoms with van der Waals surface area (Å²) in [5, 5.41) is 1.11. The highest BCUT2D eigenvalue weighted by atomic mass is 32.1. The van der Waals surface area contributed by atoms with Crippen molar-refractivity contribution in [2.24, 2.45) is 5.41 Å². The van der Waals surface area contributed by atoms with E-state index >= 15 is 0 Å². The SMILES string of the molecule is CCCC1(C)CCCN(c2nc(C)ns2)C1. The topological polar surface area (TPSA) is 29.0 Å². The third-order valence-corrected chi connectivity index (χ3v) is 4.29. The molecular formula is C12H21N3S. The molecule has 2 heterocycles. The molecule has 1 aromatic heterocycles. The van der Waals surface area contributed by atoms with Crippen molar-refractivity contribution in [3.05, 3.63) is 5.82 Å². The van der Waals surface area contributed by atoms with Crippen LogP contribution in [0.5, 0.6) is 0 Å².